The average Bonchev–Trinajstić information content (AvgIpc) is 3.88. The van der Waals surface area contributed by atoms with Gasteiger partial charge in [-0.25, -0.2) is 0 Å². The first-order valence-electron chi connectivity index (χ1n) is 21.8. The summed E-state index contributed by atoms with van der Waals surface area (Å²) in [5.41, 5.74) is 11.9. The molecule has 10 aromatic carbocycles. The van der Waals surface area contributed by atoms with Crippen molar-refractivity contribution in [1.82, 2.24) is 9.13 Å². The largest absolute Gasteiger partial charge is 0.309 e. The van der Waals surface area contributed by atoms with Gasteiger partial charge >= 0.3 is 0 Å². The van der Waals surface area contributed by atoms with E-state index in [1.807, 2.05) is 0 Å². The summed E-state index contributed by atoms with van der Waals surface area (Å²) < 4.78 is 4.90. The molecule has 0 radical (unpaired) electrons. The Morgan fingerprint density at radius 3 is 1.19 bits per heavy atom. The summed E-state index contributed by atoms with van der Waals surface area (Å²) in [7, 11) is -2.73. The van der Waals surface area contributed by atoms with Gasteiger partial charge in [0.25, 0.3) is 0 Å². The van der Waals surface area contributed by atoms with Crippen LogP contribution in [0.4, 0.5) is 0 Å². The van der Waals surface area contributed by atoms with E-state index < -0.39 is 8.07 Å². The summed E-state index contributed by atoms with van der Waals surface area (Å²) in [4.78, 5) is 0. The van der Waals surface area contributed by atoms with E-state index in [0.717, 1.165) is 11.4 Å². The second-order valence-electron chi connectivity index (χ2n) is 16.5. The first-order valence-corrected chi connectivity index (χ1v) is 23.8. The van der Waals surface area contributed by atoms with Gasteiger partial charge in [-0.15, -0.1) is 0 Å². The Hall–Kier alpha value is -7.98. The van der Waals surface area contributed by atoms with E-state index in [0.29, 0.717) is 0 Å². The van der Waals surface area contributed by atoms with Crippen molar-refractivity contribution in [2.45, 2.75) is 0 Å². The van der Waals surface area contributed by atoms with Crippen molar-refractivity contribution < 1.29 is 0 Å². The summed E-state index contributed by atoms with van der Waals surface area (Å²) >= 11 is 0. The number of aromatic nitrogens is 2. The van der Waals surface area contributed by atoms with Crippen LogP contribution in [0.15, 0.2) is 255 Å². The van der Waals surface area contributed by atoms with Gasteiger partial charge in [0.15, 0.2) is 8.07 Å². The lowest BCUT2D eigenvalue weighted by molar-refractivity contribution is 1.17. The van der Waals surface area contributed by atoms with Gasteiger partial charge in [0.05, 0.1) is 22.1 Å². The maximum Gasteiger partial charge on any atom is 0.179 e. The van der Waals surface area contributed by atoms with E-state index in [2.05, 4.69) is 264 Å². The molecule has 296 valence electrons. The molecule has 12 rings (SSSR count). The van der Waals surface area contributed by atoms with Gasteiger partial charge in [-0.3, -0.25) is 0 Å². The highest BCUT2D eigenvalue weighted by Gasteiger charge is 2.41. The Kier molecular flexibility index (Phi) is 8.87. The van der Waals surface area contributed by atoms with Gasteiger partial charge in [-0.05, 0) is 97.6 Å². The number of benzene rings is 10. The summed E-state index contributed by atoms with van der Waals surface area (Å²) in [6.07, 6.45) is 0. The SMILES string of the molecule is c1ccc(-c2cccc(-c3cccc(-n4c5ccccc5c5cc(-n6c7ccccc7c7cc([Si](c8ccccc8)(c8ccccc8)c8ccccc8)ccc76)ccc54)c3)c2)cc1. The molecule has 0 fully saturated rings. The summed E-state index contributed by atoms with van der Waals surface area (Å²) in [5, 5.41) is 10.5. The number of rotatable bonds is 8. The minimum atomic E-state index is -2.73. The smallest absolute Gasteiger partial charge is 0.179 e. The molecular weight excluding hydrogens is 777 g/mol. The average molecular weight is 819 g/mol. The van der Waals surface area contributed by atoms with Crippen molar-refractivity contribution in [2.24, 2.45) is 0 Å². The zero-order chi connectivity index (χ0) is 41.7. The number of fused-ring (bicyclic) bond motifs is 6. The van der Waals surface area contributed by atoms with Crippen LogP contribution in [0.5, 0.6) is 0 Å². The fourth-order valence-electron chi connectivity index (χ4n) is 10.3. The van der Waals surface area contributed by atoms with Gasteiger partial charge < -0.3 is 9.13 Å². The van der Waals surface area contributed by atoms with Crippen LogP contribution in [-0.4, -0.2) is 17.2 Å². The van der Waals surface area contributed by atoms with Crippen LogP contribution in [0.25, 0.3) is 77.2 Å². The maximum absolute atomic E-state index is 2.73. The van der Waals surface area contributed by atoms with Gasteiger partial charge in [0.2, 0.25) is 0 Å². The van der Waals surface area contributed by atoms with E-state index in [9.17, 15) is 0 Å². The zero-order valence-electron chi connectivity index (χ0n) is 34.6. The molecule has 3 heteroatoms. The molecule has 0 saturated heterocycles. The van der Waals surface area contributed by atoms with Crippen LogP contribution in [0, 0.1) is 0 Å². The molecule has 0 unspecified atom stereocenters. The second kappa shape index (κ2) is 15.2. The number of para-hydroxylation sites is 2. The van der Waals surface area contributed by atoms with Crippen molar-refractivity contribution in [3.05, 3.63) is 255 Å². The minimum Gasteiger partial charge on any atom is -0.309 e. The molecule has 63 heavy (non-hydrogen) atoms. The summed E-state index contributed by atoms with van der Waals surface area (Å²) in [6.45, 7) is 0. The van der Waals surface area contributed by atoms with Gasteiger partial charge in [0, 0.05) is 32.9 Å². The second-order valence-corrected chi connectivity index (χ2v) is 20.3. The van der Waals surface area contributed by atoms with E-state index in [1.165, 1.54) is 86.6 Å². The van der Waals surface area contributed by atoms with Crippen molar-refractivity contribution in [2.75, 3.05) is 0 Å². The standard InChI is InChI=1S/C60H42N2Si/c1-5-19-43(20-6-1)44-21-17-22-45(39-44)46-23-18-24-47(40-46)61-57-33-15-13-31-53(57)55-41-48(35-37-59(55)61)62-58-34-16-14-32-54(58)56-42-52(36-38-60(56)62)63(49-25-7-2-8-26-49,50-27-9-3-10-28-50)51-29-11-4-12-30-51/h1-42H. The molecule has 0 bridgehead atoms. The van der Waals surface area contributed by atoms with Gasteiger partial charge in [-0.2, -0.15) is 0 Å². The lowest BCUT2D eigenvalue weighted by Crippen LogP contribution is -2.74. The molecule has 0 spiro atoms. The van der Waals surface area contributed by atoms with E-state index in [1.54, 1.807) is 0 Å². The molecule has 0 N–H and O–H groups in total. The topological polar surface area (TPSA) is 9.86 Å². The first-order chi connectivity index (χ1) is 31.3. The predicted molar refractivity (Wildman–Crippen MR) is 270 cm³/mol. The van der Waals surface area contributed by atoms with Gasteiger partial charge in [-0.1, -0.05) is 200 Å². The monoisotopic (exact) mass is 818 g/mol. The summed E-state index contributed by atoms with van der Waals surface area (Å²) in [6, 6.07) is 94.2. The third kappa shape index (κ3) is 6.00. The van der Waals surface area contributed by atoms with Gasteiger partial charge in [0.1, 0.15) is 0 Å². The fourth-order valence-corrected chi connectivity index (χ4v) is 15.0. The normalized spacial score (nSPS) is 11.8. The molecule has 0 amide bonds. The molecule has 2 aromatic heterocycles. The van der Waals surface area contributed by atoms with E-state index in [-0.39, 0.29) is 0 Å². The molecule has 12 aromatic rings. The molecule has 0 aliphatic rings. The van der Waals surface area contributed by atoms with Crippen molar-refractivity contribution in [3.63, 3.8) is 0 Å². The van der Waals surface area contributed by atoms with Crippen molar-refractivity contribution in [3.8, 4) is 33.6 Å². The number of nitrogens with zero attached hydrogens (tertiary/aromatic N) is 2. The molecule has 0 aliphatic heterocycles. The fraction of sp³-hybridized carbons (Fsp3) is 0. The van der Waals surface area contributed by atoms with E-state index in [4.69, 9.17) is 0 Å². The summed E-state index contributed by atoms with van der Waals surface area (Å²) in [5.74, 6) is 0. The van der Waals surface area contributed by atoms with Crippen LogP contribution in [0.2, 0.25) is 0 Å². The quantitative estimate of drug-likeness (QED) is 0.107. The maximum atomic E-state index is 2.51. The highest BCUT2D eigenvalue weighted by Crippen LogP contribution is 2.38. The Morgan fingerprint density at radius 1 is 0.222 bits per heavy atom. The lowest BCUT2D eigenvalue weighted by Gasteiger charge is -2.34. The van der Waals surface area contributed by atoms with Crippen molar-refractivity contribution >= 4 is 72.4 Å². The predicted octanol–water partition coefficient (Wildman–Crippen LogP) is 12.6. The van der Waals surface area contributed by atoms with Crippen LogP contribution in [0.3, 0.4) is 0 Å². The Labute approximate surface area is 368 Å². The molecule has 0 aliphatic carbocycles. The van der Waals surface area contributed by atoms with Crippen LogP contribution in [0.1, 0.15) is 0 Å². The lowest BCUT2D eigenvalue weighted by atomic mass is 9.99. The third-order valence-electron chi connectivity index (χ3n) is 13.0. The van der Waals surface area contributed by atoms with Crippen LogP contribution < -0.4 is 20.7 Å². The van der Waals surface area contributed by atoms with Crippen molar-refractivity contribution in [1.29, 1.82) is 0 Å². The molecule has 0 atom stereocenters. The Morgan fingerprint density at radius 2 is 0.619 bits per heavy atom. The molecular formula is C60H42N2Si. The zero-order valence-corrected chi connectivity index (χ0v) is 35.6. The Bertz CT molecular complexity index is 3510. The molecule has 2 heterocycles. The highest BCUT2D eigenvalue weighted by molar-refractivity contribution is 7.20. The highest BCUT2D eigenvalue weighted by atomic mass is 28.3. The van der Waals surface area contributed by atoms with E-state index >= 15 is 0 Å². The van der Waals surface area contributed by atoms with Crippen LogP contribution >= 0.6 is 0 Å². The Balaban J connectivity index is 1.03. The number of hydrogen-bond acceptors (Lipinski definition) is 0. The molecule has 2 nitrogen and oxygen atoms in total. The van der Waals surface area contributed by atoms with Crippen LogP contribution in [-0.2, 0) is 0 Å². The number of hydrogen-bond donors (Lipinski definition) is 0. The first kappa shape index (κ1) is 36.8. The third-order valence-corrected chi connectivity index (χ3v) is 17.8. The molecule has 0 saturated carbocycles. The minimum absolute atomic E-state index is 1.14.